The number of rotatable bonds is 2. The number of hydrogen-bond donors (Lipinski definition) is 1. The zero-order valence-electron chi connectivity index (χ0n) is 8.95. The lowest BCUT2D eigenvalue weighted by atomic mass is 10.1. The van der Waals surface area contributed by atoms with Crippen molar-refractivity contribution >= 4 is 17.0 Å². The Labute approximate surface area is 93.8 Å². The van der Waals surface area contributed by atoms with Gasteiger partial charge >= 0.3 is 0 Å². The number of hydrogen-bond acceptors (Lipinski definition) is 3. The van der Waals surface area contributed by atoms with Crippen LogP contribution in [0.25, 0.3) is 0 Å². The van der Waals surface area contributed by atoms with Gasteiger partial charge in [-0.15, -0.1) is 11.3 Å². The van der Waals surface area contributed by atoms with Crippen molar-refractivity contribution in [2.45, 2.75) is 20.3 Å². The van der Waals surface area contributed by atoms with Crippen LogP contribution in [0, 0.1) is 13.8 Å². The van der Waals surface area contributed by atoms with Crippen LogP contribution >= 0.6 is 11.3 Å². The number of benzene rings is 1. The summed E-state index contributed by atoms with van der Waals surface area (Å²) in [6.45, 7) is 4.16. The monoisotopic (exact) mass is 218 g/mol. The van der Waals surface area contributed by atoms with Gasteiger partial charge in [-0.05, 0) is 31.5 Å². The third kappa shape index (κ3) is 2.36. The van der Waals surface area contributed by atoms with Crippen LogP contribution in [0.4, 0.5) is 5.69 Å². The van der Waals surface area contributed by atoms with E-state index in [-0.39, 0.29) is 0 Å². The first-order valence-electron chi connectivity index (χ1n) is 4.92. The van der Waals surface area contributed by atoms with Crippen molar-refractivity contribution in [3.05, 3.63) is 45.4 Å². The van der Waals surface area contributed by atoms with Crippen LogP contribution in [0.1, 0.15) is 21.1 Å². The van der Waals surface area contributed by atoms with E-state index in [0.717, 1.165) is 17.8 Å². The molecule has 15 heavy (non-hydrogen) atoms. The quantitative estimate of drug-likeness (QED) is 0.787. The first-order valence-corrected chi connectivity index (χ1v) is 5.74. The summed E-state index contributed by atoms with van der Waals surface area (Å²) in [5, 5.41) is 1.18. The highest BCUT2D eigenvalue weighted by molar-refractivity contribution is 7.11. The van der Waals surface area contributed by atoms with Gasteiger partial charge in [0.2, 0.25) is 0 Å². The van der Waals surface area contributed by atoms with Gasteiger partial charge in [-0.25, -0.2) is 4.98 Å². The summed E-state index contributed by atoms with van der Waals surface area (Å²) in [7, 11) is 0. The smallest absolute Gasteiger partial charge is 0.0974 e. The van der Waals surface area contributed by atoms with E-state index in [4.69, 9.17) is 5.73 Å². The SMILES string of the molecule is Cc1nc(Cc2ccc(N)cc2)sc1C. The molecule has 0 aliphatic carbocycles. The molecule has 2 nitrogen and oxygen atoms in total. The summed E-state index contributed by atoms with van der Waals surface area (Å²) in [5.74, 6) is 0. The molecule has 1 aromatic carbocycles. The average Bonchev–Trinajstić information content (AvgIpc) is 2.50. The second kappa shape index (κ2) is 4.03. The van der Waals surface area contributed by atoms with E-state index in [1.807, 2.05) is 12.1 Å². The predicted molar refractivity (Wildman–Crippen MR) is 65.2 cm³/mol. The number of nitrogens with zero attached hydrogens (tertiary/aromatic N) is 1. The van der Waals surface area contributed by atoms with Gasteiger partial charge < -0.3 is 5.73 Å². The first kappa shape index (κ1) is 10.2. The highest BCUT2D eigenvalue weighted by Gasteiger charge is 2.04. The van der Waals surface area contributed by atoms with Crippen LogP contribution in [0.15, 0.2) is 24.3 Å². The van der Waals surface area contributed by atoms with Gasteiger partial charge in [-0.2, -0.15) is 0 Å². The van der Waals surface area contributed by atoms with Gasteiger partial charge in [-0.3, -0.25) is 0 Å². The maximum atomic E-state index is 5.64. The van der Waals surface area contributed by atoms with Crippen molar-refractivity contribution in [2.75, 3.05) is 5.73 Å². The molecule has 0 spiro atoms. The molecule has 1 aromatic heterocycles. The van der Waals surface area contributed by atoms with E-state index in [1.54, 1.807) is 11.3 Å². The lowest BCUT2D eigenvalue weighted by Gasteiger charge is -1.98. The number of anilines is 1. The zero-order valence-corrected chi connectivity index (χ0v) is 9.77. The molecule has 1 heterocycles. The van der Waals surface area contributed by atoms with E-state index < -0.39 is 0 Å². The maximum absolute atomic E-state index is 5.64. The summed E-state index contributed by atoms with van der Waals surface area (Å²) >= 11 is 1.77. The number of nitrogens with two attached hydrogens (primary N) is 1. The Bertz CT molecular complexity index is 437. The van der Waals surface area contributed by atoms with E-state index in [2.05, 4.69) is 31.0 Å². The van der Waals surface area contributed by atoms with Crippen LogP contribution < -0.4 is 5.73 Å². The number of thiazole rings is 1. The molecule has 78 valence electrons. The number of nitrogen functional groups attached to an aromatic ring is 1. The maximum Gasteiger partial charge on any atom is 0.0974 e. The molecule has 2 rings (SSSR count). The van der Waals surface area contributed by atoms with Crippen LogP contribution in [0.3, 0.4) is 0 Å². The van der Waals surface area contributed by atoms with Crippen LogP contribution in [-0.2, 0) is 6.42 Å². The summed E-state index contributed by atoms with van der Waals surface area (Å²) < 4.78 is 0. The van der Waals surface area contributed by atoms with E-state index in [1.165, 1.54) is 15.4 Å². The van der Waals surface area contributed by atoms with Crippen molar-refractivity contribution in [2.24, 2.45) is 0 Å². The van der Waals surface area contributed by atoms with Crippen LogP contribution in [0.2, 0.25) is 0 Å². The summed E-state index contributed by atoms with van der Waals surface area (Å²) in [6, 6.07) is 7.98. The van der Waals surface area contributed by atoms with E-state index in [9.17, 15) is 0 Å². The normalized spacial score (nSPS) is 10.5. The molecule has 0 amide bonds. The summed E-state index contributed by atoms with van der Waals surface area (Å²) in [6.07, 6.45) is 0.902. The third-order valence-electron chi connectivity index (χ3n) is 2.41. The fourth-order valence-corrected chi connectivity index (χ4v) is 2.39. The molecule has 0 atom stereocenters. The van der Waals surface area contributed by atoms with Gasteiger partial charge in [0.1, 0.15) is 0 Å². The van der Waals surface area contributed by atoms with Crippen molar-refractivity contribution in [1.29, 1.82) is 0 Å². The Kier molecular flexibility index (Phi) is 2.73. The largest absolute Gasteiger partial charge is 0.399 e. The molecule has 0 saturated carbocycles. The van der Waals surface area contributed by atoms with Crippen molar-refractivity contribution in [1.82, 2.24) is 4.98 Å². The Hall–Kier alpha value is -1.35. The molecule has 0 aliphatic rings. The van der Waals surface area contributed by atoms with Crippen LogP contribution in [0.5, 0.6) is 0 Å². The minimum Gasteiger partial charge on any atom is -0.399 e. The summed E-state index contributed by atoms with van der Waals surface area (Å²) in [4.78, 5) is 5.82. The second-order valence-corrected chi connectivity index (χ2v) is 4.96. The first-order chi connectivity index (χ1) is 7.15. The summed E-state index contributed by atoms with van der Waals surface area (Å²) in [5.41, 5.74) is 8.85. The van der Waals surface area contributed by atoms with Gasteiger partial charge in [0.05, 0.1) is 10.7 Å². The van der Waals surface area contributed by atoms with E-state index in [0.29, 0.717) is 0 Å². The second-order valence-electron chi connectivity index (χ2n) is 3.67. The van der Waals surface area contributed by atoms with Crippen molar-refractivity contribution < 1.29 is 0 Å². The Morgan fingerprint density at radius 3 is 2.40 bits per heavy atom. The average molecular weight is 218 g/mol. The van der Waals surface area contributed by atoms with Gasteiger partial charge in [0.15, 0.2) is 0 Å². The molecule has 0 saturated heterocycles. The minimum absolute atomic E-state index is 0.810. The highest BCUT2D eigenvalue weighted by Crippen LogP contribution is 2.19. The van der Waals surface area contributed by atoms with Crippen molar-refractivity contribution in [3.63, 3.8) is 0 Å². The molecule has 0 radical (unpaired) electrons. The molecule has 0 bridgehead atoms. The fraction of sp³-hybridized carbons (Fsp3) is 0.250. The lowest BCUT2D eigenvalue weighted by Crippen LogP contribution is -1.89. The van der Waals surface area contributed by atoms with Gasteiger partial charge in [0.25, 0.3) is 0 Å². The highest BCUT2D eigenvalue weighted by atomic mass is 32.1. The minimum atomic E-state index is 0.810. The van der Waals surface area contributed by atoms with E-state index >= 15 is 0 Å². The topological polar surface area (TPSA) is 38.9 Å². The Morgan fingerprint density at radius 1 is 1.20 bits per heavy atom. The van der Waals surface area contributed by atoms with Gasteiger partial charge in [0, 0.05) is 17.0 Å². The predicted octanol–water partition coefficient (Wildman–Crippen LogP) is 2.93. The molecular formula is C12H14N2S. The van der Waals surface area contributed by atoms with Crippen LogP contribution in [-0.4, -0.2) is 4.98 Å². The molecule has 0 aliphatic heterocycles. The molecule has 0 unspecified atom stereocenters. The van der Waals surface area contributed by atoms with Crippen molar-refractivity contribution in [3.8, 4) is 0 Å². The Balaban J connectivity index is 2.18. The molecule has 3 heteroatoms. The molecule has 0 fully saturated rings. The number of aromatic nitrogens is 1. The van der Waals surface area contributed by atoms with Gasteiger partial charge in [-0.1, -0.05) is 12.1 Å². The number of aryl methyl sites for hydroxylation is 2. The Morgan fingerprint density at radius 2 is 1.87 bits per heavy atom. The zero-order chi connectivity index (χ0) is 10.8. The fourth-order valence-electron chi connectivity index (χ4n) is 1.42. The molecular weight excluding hydrogens is 204 g/mol. The standard InChI is InChI=1S/C12H14N2S/c1-8-9(2)15-12(14-8)7-10-3-5-11(13)6-4-10/h3-6H,7,13H2,1-2H3. The lowest BCUT2D eigenvalue weighted by molar-refractivity contribution is 1.10. The molecule has 2 aromatic rings. The third-order valence-corrected chi connectivity index (χ3v) is 3.48. The molecule has 2 N–H and O–H groups in total.